The van der Waals surface area contributed by atoms with Crippen LogP contribution in [0.15, 0.2) is 24.3 Å². The molecule has 1 heteroatoms. The molecule has 1 aliphatic rings. The lowest BCUT2D eigenvalue weighted by Crippen LogP contribution is -2.32. The van der Waals surface area contributed by atoms with Crippen molar-refractivity contribution in [2.45, 2.75) is 52.5 Å². The quantitative estimate of drug-likeness (QED) is 0.789. The van der Waals surface area contributed by atoms with Gasteiger partial charge >= 0.3 is 0 Å². The third-order valence-corrected chi connectivity index (χ3v) is 3.56. The second-order valence-electron chi connectivity index (χ2n) is 6.17. The number of benzene rings is 1. The zero-order chi connectivity index (χ0) is 12.3. The third-order valence-electron chi connectivity index (χ3n) is 3.56. The van der Waals surface area contributed by atoms with Crippen molar-refractivity contribution in [1.29, 1.82) is 0 Å². The van der Waals surface area contributed by atoms with Crippen molar-refractivity contribution in [3.05, 3.63) is 35.4 Å². The molecule has 0 spiro atoms. The number of hydrogen-bond acceptors (Lipinski definition) is 1. The molecule has 0 saturated heterocycles. The standard InChI is InChI=1S/C16H25N/c1-4-13-5-7-14(8-6-13)11-16(2,3)12-17-15-9-10-15/h5-8,15,17H,4,9-12H2,1-3H3. The maximum atomic E-state index is 3.64. The van der Waals surface area contributed by atoms with Crippen molar-refractivity contribution >= 4 is 0 Å². The molecule has 2 rings (SSSR count). The topological polar surface area (TPSA) is 12.0 Å². The average Bonchev–Trinajstić information content (AvgIpc) is 3.11. The zero-order valence-corrected chi connectivity index (χ0v) is 11.4. The molecule has 94 valence electrons. The predicted molar refractivity (Wildman–Crippen MR) is 74.3 cm³/mol. The summed E-state index contributed by atoms with van der Waals surface area (Å²) in [5.74, 6) is 0. The van der Waals surface area contributed by atoms with E-state index in [2.05, 4.69) is 50.4 Å². The average molecular weight is 231 g/mol. The lowest BCUT2D eigenvalue weighted by molar-refractivity contribution is 0.337. The first-order valence-electron chi connectivity index (χ1n) is 6.90. The van der Waals surface area contributed by atoms with Crippen molar-refractivity contribution in [3.63, 3.8) is 0 Å². The first kappa shape index (κ1) is 12.6. The molecule has 1 nitrogen and oxygen atoms in total. The number of aryl methyl sites for hydroxylation is 1. The Kier molecular flexibility index (Phi) is 3.88. The van der Waals surface area contributed by atoms with E-state index in [0.717, 1.165) is 25.4 Å². The van der Waals surface area contributed by atoms with Crippen LogP contribution < -0.4 is 5.32 Å². The Morgan fingerprint density at radius 3 is 2.24 bits per heavy atom. The minimum atomic E-state index is 0.357. The van der Waals surface area contributed by atoms with Gasteiger partial charge in [0.2, 0.25) is 0 Å². The summed E-state index contributed by atoms with van der Waals surface area (Å²) in [6, 6.07) is 9.92. The number of hydrogen-bond donors (Lipinski definition) is 1. The predicted octanol–water partition coefficient (Wildman–Crippen LogP) is 3.57. The van der Waals surface area contributed by atoms with Crippen LogP contribution in [0.25, 0.3) is 0 Å². The van der Waals surface area contributed by atoms with E-state index >= 15 is 0 Å². The van der Waals surface area contributed by atoms with Crippen LogP contribution in [0.5, 0.6) is 0 Å². The molecule has 0 heterocycles. The van der Waals surface area contributed by atoms with Gasteiger partial charge in [0, 0.05) is 12.6 Å². The van der Waals surface area contributed by atoms with Crippen LogP contribution in [0, 0.1) is 5.41 Å². The fourth-order valence-electron chi connectivity index (χ4n) is 2.22. The second kappa shape index (κ2) is 5.22. The molecular formula is C16H25N. The molecule has 0 bridgehead atoms. The van der Waals surface area contributed by atoms with Gasteiger partial charge in [0.25, 0.3) is 0 Å². The number of nitrogens with one attached hydrogen (secondary N) is 1. The molecule has 0 unspecified atom stereocenters. The van der Waals surface area contributed by atoms with Gasteiger partial charge in [-0.05, 0) is 42.2 Å². The van der Waals surface area contributed by atoms with Gasteiger partial charge in [-0.2, -0.15) is 0 Å². The highest BCUT2D eigenvalue weighted by molar-refractivity contribution is 5.23. The largest absolute Gasteiger partial charge is 0.313 e. The van der Waals surface area contributed by atoms with E-state index in [-0.39, 0.29) is 0 Å². The van der Waals surface area contributed by atoms with E-state index in [0.29, 0.717) is 5.41 Å². The molecule has 1 aromatic carbocycles. The van der Waals surface area contributed by atoms with Crippen molar-refractivity contribution in [3.8, 4) is 0 Å². The molecule has 0 aromatic heterocycles. The molecule has 1 aromatic rings. The van der Waals surface area contributed by atoms with Gasteiger partial charge in [-0.1, -0.05) is 45.0 Å². The van der Waals surface area contributed by atoms with Crippen molar-refractivity contribution < 1.29 is 0 Å². The molecule has 0 aliphatic heterocycles. The van der Waals surface area contributed by atoms with Crippen LogP contribution in [0.3, 0.4) is 0 Å². The Morgan fingerprint density at radius 1 is 1.12 bits per heavy atom. The lowest BCUT2D eigenvalue weighted by atomic mass is 9.85. The van der Waals surface area contributed by atoms with Crippen LogP contribution in [-0.4, -0.2) is 12.6 Å². The monoisotopic (exact) mass is 231 g/mol. The fourth-order valence-corrected chi connectivity index (χ4v) is 2.22. The summed E-state index contributed by atoms with van der Waals surface area (Å²) in [6.45, 7) is 8.05. The molecule has 0 amide bonds. The Balaban J connectivity index is 1.87. The van der Waals surface area contributed by atoms with Gasteiger partial charge in [-0.3, -0.25) is 0 Å². The van der Waals surface area contributed by atoms with E-state index in [9.17, 15) is 0 Å². The lowest BCUT2D eigenvalue weighted by Gasteiger charge is -2.25. The Bertz CT molecular complexity index is 346. The molecule has 17 heavy (non-hydrogen) atoms. The van der Waals surface area contributed by atoms with E-state index in [1.54, 1.807) is 0 Å². The summed E-state index contributed by atoms with van der Waals surface area (Å²) in [5, 5.41) is 3.64. The second-order valence-corrected chi connectivity index (χ2v) is 6.17. The van der Waals surface area contributed by atoms with Crippen molar-refractivity contribution in [2.24, 2.45) is 5.41 Å². The molecular weight excluding hydrogens is 206 g/mol. The highest BCUT2D eigenvalue weighted by Crippen LogP contribution is 2.25. The molecule has 1 fully saturated rings. The normalized spacial score (nSPS) is 16.2. The summed E-state index contributed by atoms with van der Waals surface area (Å²) >= 11 is 0. The van der Waals surface area contributed by atoms with Gasteiger partial charge < -0.3 is 5.32 Å². The first-order chi connectivity index (χ1) is 8.09. The Labute approximate surface area is 106 Å². The molecule has 1 saturated carbocycles. The summed E-state index contributed by atoms with van der Waals surface area (Å²) in [5.41, 5.74) is 3.25. The van der Waals surface area contributed by atoms with Crippen LogP contribution in [0.4, 0.5) is 0 Å². The highest BCUT2D eigenvalue weighted by atomic mass is 15.0. The maximum absolute atomic E-state index is 3.64. The summed E-state index contributed by atoms with van der Waals surface area (Å²) < 4.78 is 0. The van der Waals surface area contributed by atoms with Crippen molar-refractivity contribution in [1.82, 2.24) is 5.32 Å². The van der Waals surface area contributed by atoms with Crippen LogP contribution in [0.2, 0.25) is 0 Å². The minimum absolute atomic E-state index is 0.357. The summed E-state index contributed by atoms with van der Waals surface area (Å²) in [6.07, 6.45) is 5.05. The Morgan fingerprint density at radius 2 is 1.71 bits per heavy atom. The first-order valence-corrected chi connectivity index (χ1v) is 6.90. The van der Waals surface area contributed by atoms with Gasteiger partial charge in [-0.15, -0.1) is 0 Å². The molecule has 0 atom stereocenters. The van der Waals surface area contributed by atoms with Gasteiger partial charge in [-0.25, -0.2) is 0 Å². The Hall–Kier alpha value is -0.820. The third kappa shape index (κ3) is 4.16. The van der Waals surface area contributed by atoms with Crippen LogP contribution in [0.1, 0.15) is 44.7 Å². The summed E-state index contributed by atoms with van der Waals surface area (Å²) in [7, 11) is 0. The zero-order valence-electron chi connectivity index (χ0n) is 11.4. The van der Waals surface area contributed by atoms with E-state index < -0.39 is 0 Å². The smallest absolute Gasteiger partial charge is 0.00684 e. The fraction of sp³-hybridized carbons (Fsp3) is 0.625. The van der Waals surface area contributed by atoms with Crippen LogP contribution in [-0.2, 0) is 12.8 Å². The van der Waals surface area contributed by atoms with Gasteiger partial charge in [0.05, 0.1) is 0 Å². The van der Waals surface area contributed by atoms with E-state index in [1.807, 2.05) is 0 Å². The van der Waals surface area contributed by atoms with Gasteiger partial charge in [0.15, 0.2) is 0 Å². The van der Waals surface area contributed by atoms with Crippen LogP contribution >= 0.6 is 0 Å². The minimum Gasteiger partial charge on any atom is -0.313 e. The van der Waals surface area contributed by atoms with E-state index in [1.165, 1.54) is 24.0 Å². The SMILES string of the molecule is CCc1ccc(CC(C)(C)CNC2CC2)cc1. The van der Waals surface area contributed by atoms with Crippen molar-refractivity contribution in [2.75, 3.05) is 6.54 Å². The maximum Gasteiger partial charge on any atom is 0.00684 e. The molecule has 1 N–H and O–H groups in total. The molecule has 0 radical (unpaired) electrons. The van der Waals surface area contributed by atoms with E-state index in [4.69, 9.17) is 0 Å². The summed E-state index contributed by atoms with van der Waals surface area (Å²) in [4.78, 5) is 0. The number of rotatable bonds is 6. The molecule has 1 aliphatic carbocycles. The van der Waals surface area contributed by atoms with Gasteiger partial charge in [0.1, 0.15) is 0 Å². The highest BCUT2D eigenvalue weighted by Gasteiger charge is 2.25.